The topological polar surface area (TPSA) is 131 Å². The summed E-state index contributed by atoms with van der Waals surface area (Å²) in [5.74, 6) is -0.525. The van der Waals surface area contributed by atoms with Crippen LogP contribution in [0.5, 0.6) is 0 Å². The quantitative estimate of drug-likeness (QED) is 0.0238. The smallest absolute Gasteiger partial charge is 0.463 e. The van der Waals surface area contributed by atoms with E-state index in [1.807, 2.05) is 0 Å². The monoisotopic (exact) mass is 960 g/mol. The fourth-order valence-corrected chi connectivity index (χ4v) is 8.28. The predicted octanol–water partition coefficient (Wildman–Crippen LogP) is 16.6. The standard InChI is InChI=1S/C57H102NO8P/c1-3-5-7-9-11-13-15-17-19-21-23-25-27-29-31-33-35-37-39-41-43-45-47-49-56(60)58-51-52-65-67(62,63)66-54-55(59)53-64-57(61)50-48-46-44-42-40-38-36-34-32-30-28-26-24-22-20-18-16-14-12-10-8-6-4-2/h6,8,12,14,17-20,24,26,30,32,55,59H,3-5,7,9-11,13,15-16,21-23,25,27-29,31,33-54H2,1-2H3,(H,58,60)(H,62,63)/b8-6-,14-12-,19-17+,20-18-,26-24-,32-30-. The third-order valence-electron chi connectivity index (χ3n) is 11.6. The van der Waals surface area contributed by atoms with Crippen molar-refractivity contribution in [3.8, 4) is 0 Å². The van der Waals surface area contributed by atoms with Crippen molar-refractivity contribution in [2.45, 2.75) is 251 Å². The molecule has 0 aliphatic heterocycles. The average Bonchev–Trinajstić information content (AvgIpc) is 3.32. The van der Waals surface area contributed by atoms with E-state index in [2.05, 4.69) is 92.1 Å². The van der Waals surface area contributed by atoms with Gasteiger partial charge < -0.3 is 20.1 Å². The van der Waals surface area contributed by atoms with Crippen molar-refractivity contribution in [3.05, 3.63) is 72.9 Å². The SMILES string of the molecule is CC/C=C\C/C=C\C/C=C\C/C=C\C/C=C\CCCCCCCCCC(=O)OCC(O)COP(=O)(O)OCCNC(=O)CCCCCCCCCCCCCCC/C=C/CCCCCCCC. The van der Waals surface area contributed by atoms with Crippen LogP contribution in [0.4, 0.5) is 0 Å². The molecule has 0 aromatic heterocycles. The molecule has 0 fully saturated rings. The molecular formula is C57H102NO8P. The van der Waals surface area contributed by atoms with Gasteiger partial charge in [-0.1, -0.05) is 222 Å². The van der Waals surface area contributed by atoms with E-state index in [4.69, 9.17) is 13.8 Å². The fraction of sp³-hybridized carbons (Fsp3) is 0.754. The Kier molecular flexibility index (Phi) is 50.8. The summed E-state index contributed by atoms with van der Waals surface area (Å²) >= 11 is 0. The number of phosphoric ester groups is 1. The number of nitrogens with one attached hydrogen (secondary N) is 1. The molecule has 0 aliphatic rings. The van der Waals surface area contributed by atoms with Crippen LogP contribution in [0.15, 0.2) is 72.9 Å². The first-order chi connectivity index (χ1) is 32.8. The van der Waals surface area contributed by atoms with E-state index >= 15 is 0 Å². The van der Waals surface area contributed by atoms with Crippen molar-refractivity contribution in [1.29, 1.82) is 0 Å². The fourth-order valence-electron chi connectivity index (χ4n) is 7.52. The van der Waals surface area contributed by atoms with Gasteiger partial charge in [0.25, 0.3) is 0 Å². The van der Waals surface area contributed by atoms with Gasteiger partial charge in [-0.3, -0.25) is 18.6 Å². The molecule has 10 heteroatoms. The van der Waals surface area contributed by atoms with Gasteiger partial charge in [0.2, 0.25) is 5.91 Å². The molecule has 0 aliphatic carbocycles. The largest absolute Gasteiger partial charge is 0.472 e. The van der Waals surface area contributed by atoms with Crippen LogP contribution in [0.3, 0.4) is 0 Å². The number of aliphatic hydroxyl groups is 1. The summed E-state index contributed by atoms with van der Waals surface area (Å²) in [5.41, 5.74) is 0. The van der Waals surface area contributed by atoms with Crippen molar-refractivity contribution in [2.24, 2.45) is 0 Å². The van der Waals surface area contributed by atoms with Crippen LogP contribution < -0.4 is 5.32 Å². The van der Waals surface area contributed by atoms with Crippen molar-refractivity contribution in [1.82, 2.24) is 5.32 Å². The number of phosphoric acid groups is 1. The summed E-state index contributed by atoms with van der Waals surface area (Å²) in [6.45, 7) is 3.45. The van der Waals surface area contributed by atoms with Gasteiger partial charge in [0, 0.05) is 19.4 Å². The Morgan fingerprint density at radius 3 is 1.30 bits per heavy atom. The van der Waals surface area contributed by atoms with E-state index in [0.29, 0.717) is 6.42 Å². The molecule has 2 unspecified atom stereocenters. The van der Waals surface area contributed by atoms with E-state index in [-0.39, 0.29) is 32.1 Å². The Morgan fingerprint density at radius 2 is 0.851 bits per heavy atom. The van der Waals surface area contributed by atoms with Crippen LogP contribution in [0.25, 0.3) is 0 Å². The molecule has 1 amide bonds. The van der Waals surface area contributed by atoms with Gasteiger partial charge in [0.1, 0.15) is 12.7 Å². The maximum absolute atomic E-state index is 12.2. The van der Waals surface area contributed by atoms with E-state index in [9.17, 15) is 24.2 Å². The second-order valence-electron chi connectivity index (χ2n) is 18.2. The molecule has 0 spiro atoms. The molecule has 0 rings (SSSR count). The molecule has 67 heavy (non-hydrogen) atoms. The van der Waals surface area contributed by atoms with Crippen LogP contribution >= 0.6 is 7.82 Å². The number of unbranched alkanes of at least 4 members (excludes halogenated alkanes) is 26. The Hall–Kier alpha value is -2.55. The molecular weight excluding hydrogens is 858 g/mol. The van der Waals surface area contributed by atoms with E-state index in [0.717, 1.165) is 83.5 Å². The van der Waals surface area contributed by atoms with Crippen molar-refractivity contribution >= 4 is 19.7 Å². The minimum Gasteiger partial charge on any atom is -0.463 e. The number of hydrogen-bond donors (Lipinski definition) is 3. The van der Waals surface area contributed by atoms with Gasteiger partial charge in [-0.05, 0) is 83.5 Å². The summed E-state index contributed by atoms with van der Waals surface area (Å²) in [5, 5.41) is 12.8. The number of carbonyl (C=O) groups is 2. The van der Waals surface area contributed by atoms with Gasteiger partial charge >= 0.3 is 13.8 Å². The Balaban J connectivity index is 3.57. The molecule has 0 bridgehead atoms. The zero-order valence-corrected chi connectivity index (χ0v) is 44.0. The third-order valence-corrected chi connectivity index (χ3v) is 12.6. The molecule has 0 heterocycles. The molecule has 2 atom stereocenters. The average molecular weight is 960 g/mol. The lowest BCUT2D eigenvalue weighted by molar-refractivity contribution is -0.147. The van der Waals surface area contributed by atoms with Crippen LogP contribution in [0.1, 0.15) is 245 Å². The lowest BCUT2D eigenvalue weighted by atomic mass is 10.0. The van der Waals surface area contributed by atoms with Gasteiger partial charge in [-0.25, -0.2) is 4.57 Å². The molecule has 0 aromatic rings. The van der Waals surface area contributed by atoms with Crippen LogP contribution in [-0.2, 0) is 27.9 Å². The van der Waals surface area contributed by atoms with Crippen molar-refractivity contribution in [2.75, 3.05) is 26.4 Å². The lowest BCUT2D eigenvalue weighted by Crippen LogP contribution is -2.27. The summed E-state index contributed by atoms with van der Waals surface area (Å²) in [4.78, 5) is 34.1. The number of allylic oxidation sites excluding steroid dienone is 12. The first kappa shape index (κ1) is 64.5. The van der Waals surface area contributed by atoms with E-state index < -0.39 is 26.5 Å². The highest BCUT2D eigenvalue weighted by molar-refractivity contribution is 7.47. The van der Waals surface area contributed by atoms with Crippen LogP contribution in [0.2, 0.25) is 0 Å². The second-order valence-corrected chi connectivity index (χ2v) is 19.6. The van der Waals surface area contributed by atoms with Gasteiger partial charge in [-0.2, -0.15) is 0 Å². The normalized spacial score (nSPS) is 13.7. The van der Waals surface area contributed by atoms with Gasteiger partial charge in [-0.15, -0.1) is 0 Å². The Morgan fingerprint density at radius 1 is 0.478 bits per heavy atom. The van der Waals surface area contributed by atoms with E-state index in [1.54, 1.807) is 0 Å². The van der Waals surface area contributed by atoms with E-state index in [1.165, 1.54) is 135 Å². The molecule has 0 saturated heterocycles. The highest BCUT2D eigenvalue weighted by atomic mass is 31.2. The summed E-state index contributed by atoms with van der Waals surface area (Å²) in [6, 6.07) is 0. The highest BCUT2D eigenvalue weighted by Crippen LogP contribution is 2.42. The second kappa shape index (κ2) is 52.8. The maximum Gasteiger partial charge on any atom is 0.472 e. The Labute approximate surface area is 411 Å². The number of carbonyl (C=O) groups excluding carboxylic acids is 2. The lowest BCUT2D eigenvalue weighted by Gasteiger charge is -2.15. The number of aliphatic hydroxyl groups excluding tert-OH is 1. The summed E-state index contributed by atoms with van der Waals surface area (Å²) in [6.07, 6.45) is 67.0. The van der Waals surface area contributed by atoms with Gasteiger partial charge in [0.05, 0.1) is 13.2 Å². The molecule has 3 N–H and O–H groups in total. The molecule has 0 aromatic carbocycles. The first-order valence-corrected chi connectivity index (χ1v) is 28.9. The molecule has 388 valence electrons. The number of ether oxygens (including phenoxy) is 1. The maximum atomic E-state index is 12.2. The minimum absolute atomic E-state index is 0.0788. The van der Waals surface area contributed by atoms with Gasteiger partial charge in [0.15, 0.2) is 0 Å². The first-order valence-electron chi connectivity index (χ1n) is 27.4. The molecule has 0 radical (unpaired) electrons. The summed E-state index contributed by atoms with van der Waals surface area (Å²) in [7, 11) is -4.43. The van der Waals surface area contributed by atoms with Crippen molar-refractivity contribution in [3.63, 3.8) is 0 Å². The zero-order chi connectivity index (χ0) is 48.8. The van der Waals surface area contributed by atoms with Crippen LogP contribution in [0, 0.1) is 0 Å². The number of amides is 1. The minimum atomic E-state index is -4.43. The third kappa shape index (κ3) is 54.3. The number of rotatable bonds is 51. The van der Waals surface area contributed by atoms with Crippen molar-refractivity contribution < 1.29 is 37.9 Å². The van der Waals surface area contributed by atoms with Crippen LogP contribution in [-0.4, -0.2) is 54.3 Å². The number of esters is 1. The number of hydrogen-bond acceptors (Lipinski definition) is 7. The summed E-state index contributed by atoms with van der Waals surface area (Å²) < 4.78 is 27.0. The zero-order valence-electron chi connectivity index (χ0n) is 43.1. The highest BCUT2D eigenvalue weighted by Gasteiger charge is 2.23. The molecule has 9 nitrogen and oxygen atoms in total. The Bertz CT molecular complexity index is 1320. The molecule has 0 saturated carbocycles. The predicted molar refractivity (Wildman–Crippen MR) is 284 cm³/mol.